The van der Waals surface area contributed by atoms with Crippen molar-refractivity contribution in [1.29, 1.82) is 0 Å². The van der Waals surface area contributed by atoms with Crippen LogP contribution in [0.2, 0.25) is 0 Å². The SMILES string of the molecule is C=C(/N=C(\C=C/C)C(=C(/N)c1ccc(C)cc1)/N1C=CC(CC)CC1)NC. The number of aryl methyl sites for hydroxylation is 1. The van der Waals surface area contributed by atoms with Crippen LogP contribution in [0.25, 0.3) is 5.70 Å². The van der Waals surface area contributed by atoms with Gasteiger partial charge in [0, 0.05) is 19.8 Å². The molecule has 27 heavy (non-hydrogen) atoms. The smallest absolute Gasteiger partial charge is 0.119 e. The van der Waals surface area contributed by atoms with Crippen molar-refractivity contribution in [3.63, 3.8) is 0 Å². The number of hydrogen-bond donors (Lipinski definition) is 2. The summed E-state index contributed by atoms with van der Waals surface area (Å²) in [6.45, 7) is 11.2. The highest BCUT2D eigenvalue weighted by molar-refractivity contribution is 6.12. The Bertz CT molecular complexity index is 766. The second-order valence-electron chi connectivity index (χ2n) is 6.81. The monoisotopic (exact) mass is 364 g/mol. The maximum Gasteiger partial charge on any atom is 0.119 e. The van der Waals surface area contributed by atoms with E-state index in [9.17, 15) is 0 Å². The third kappa shape index (κ3) is 5.36. The predicted molar refractivity (Wildman–Crippen MR) is 117 cm³/mol. The van der Waals surface area contributed by atoms with Crippen molar-refractivity contribution >= 4 is 11.4 Å². The number of hydrogen-bond acceptors (Lipinski definition) is 4. The number of aliphatic imine (C=N–C) groups is 1. The molecule has 1 aromatic rings. The zero-order chi connectivity index (χ0) is 19.8. The van der Waals surface area contributed by atoms with Crippen LogP contribution in [0.15, 0.2) is 71.8 Å². The van der Waals surface area contributed by atoms with E-state index in [4.69, 9.17) is 5.73 Å². The summed E-state index contributed by atoms with van der Waals surface area (Å²) in [7, 11) is 1.82. The fourth-order valence-corrected chi connectivity index (χ4v) is 3.07. The highest BCUT2D eigenvalue weighted by Crippen LogP contribution is 2.26. The standard InChI is InChI=1S/C23H32N4/c1-6-8-21(26-18(4)25-5)23(27-15-13-19(7-2)14-16-27)22(24)20-11-9-17(3)10-12-20/h6,8-13,15,19,25H,4,7,14,16,24H2,1-3,5H3/b8-6-,23-22-,26-21+. The Labute approximate surface area is 163 Å². The van der Waals surface area contributed by atoms with Gasteiger partial charge in [0.1, 0.15) is 5.82 Å². The molecule has 0 saturated carbocycles. The third-order valence-corrected chi connectivity index (χ3v) is 4.82. The highest BCUT2D eigenvalue weighted by atomic mass is 15.1. The normalized spacial score (nSPS) is 18.6. The van der Waals surface area contributed by atoms with E-state index in [2.05, 4.69) is 72.2 Å². The molecule has 0 aromatic heterocycles. The number of nitrogens with zero attached hydrogens (tertiary/aromatic N) is 2. The van der Waals surface area contributed by atoms with E-state index in [-0.39, 0.29) is 0 Å². The first kappa shape index (κ1) is 20.6. The van der Waals surface area contributed by atoms with Gasteiger partial charge in [0.25, 0.3) is 0 Å². The average molecular weight is 365 g/mol. The number of allylic oxidation sites excluding steroid dienone is 3. The van der Waals surface area contributed by atoms with Crippen molar-refractivity contribution < 1.29 is 0 Å². The molecule has 1 unspecified atom stereocenters. The minimum Gasteiger partial charge on any atom is -0.396 e. The molecule has 0 bridgehead atoms. The molecule has 0 saturated heterocycles. The molecule has 1 aliphatic rings. The van der Waals surface area contributed by atoms with Crippen LogP contribution in [-0.2, 0) is 0 Å². The van der Waals surface area contributed by atoms with E-state index in [1.165, 1.54) is 5.56 Å². The van der Waals surface area contributed by atoms with Gasteiger partial charge in [-0.05, 0) is 44.2 Å². The van der Waals surface area contributed by atoms with Gasteiger partial charge >= 0.3 is 0 Å². The fraction of sp³-hybridized carbons (Fsp3) is 0.348. The van der Waals surface area contributed by atoms with Gasteiger partial charge in [-0.1, -0.05) is 55.5 Å². The van der Waals surface area contributed by atoms with Gasteiger partial charge in [0.05, 0.1) is 17.1 Å². The number of nitrogens with two attached hydrogens (primary N) is 1. The van der Waals surface area contributed by atoms with Crippen LogP contribution in [0.5, 0.6) is 0 Å². The van der Waals surface area contributed by atoms with E-state index in [0.717, 1.165) is 42.1 Å². The summed E-state index contributed by atoms with van der Waals surface area (Å²) in [6, 6.07) is 8.29. The molecule has 0 spiro atoms. The molecule has 1 heterocycles. The van der Waals surface area contributed by atoms with E-state index >= 15 is 0 Å². The molecule has 1 aliphatic heterocycles. The average Bonchev–Trinajstić information content (AvgIpc) is 2.69. The minimum absolute atomic E-state index is 0.602. The van der Waals surface area contributed by atoms with E-state index < -0.39 is 0 Å². The Morgan fingerprint density at radius 2 is 2.07 bits per heavy atom. The Kier molecular flexibility index (Phi) is 7.47. The summed E-state index contributed by atoms with van der Waals surface area (Å²) in [4.78, 5) is 6.89. The van der Waals surface area contributed by atoms with Gasteiger partial charge in [0.2, 0.25) is 0 Å². The van der Waals surface area contributed by atoms with Gasteiger partial charge in [0.15, 0.2) is 0 Å². The van der Waals surface area contributed by atoms with Crippen molar-refractivity contribution in [3.8, 4) is 0 Å². The minimum atomic E-state index is 0.602. The predicted octanol–water partition coefficient (Wildman–Crippen LogP) is 4.58. The Morgan fingerprint density at radius 1 is 1.37 bits per heavy atom. The topological polar surface area (TPSA) is 53.6 Å². The summed E-state index contributed by atoms with van der Waals surface area (Å²) in [6.07, 6.45) is 10.6. The molecule has 0 fully saturated rings. The zero-order valence-electron chi connectivity index (χ0n) is 17.0. The van der Waals surface area contributed by atoms with E-state index in [1.807, 2.05) is 26.1 Å². The Hall–Kier alpha value is -2.75. The first-order chi connectivity index (χ1) is 13.0. The highest BCUT2D eigenvalue weighted by Gasteiger charge is 2.21. The second kappa shape index (κ2) is 9.81. The van der Waals surface area contributed by atoms with Crippen molar-refractivity contribution in [2.45, 2.75) is 33.6 Å². The Balaban J connectivity index is 2.60. The van der Waals surface area contributed by atoms with Crippen molar-refractivity contribution in [2.24, 2.45) is 16.6 Å². The van der Waals surface area contributed by atoms with Crippen molar-refractivity contribution in [1.82, 2.24) is 10.2 Å². The molecule has 144 valence electrons. The molecule has 3 N–H and O–H groups in total. The van der Waals surface area contributed by atoms with Crippen LogP contribution in [0.1, 0.15) is 37.8 Å². The molecule has 0 amide bonds. The van der Waals surface area contributed by atoms with Gasteiger partial charge < -0.3 is 16.0 Å². The lowest BCUT2D eigenvalue weighted by atomic mass is 9.98. The fourth-order valence-electron chi connectivity index (χ4n) is 3.07. The maximum absolute atomic E-state index is 6.67. The summed E-state index contributed by atoms with van der Waals surface area (Å²) >= 11 is 0. The molecule has 1 atom stereocenters. The molecule has 1 aromatic carbocycles. The lowest BCUT2D eigenvalue weighted by molar-refractivity contribution is 0.391. The summed E-state index contributed by atoms with van der Waals surface area (Å²) < 4.78 is 0. The van der Waals surface area contributed by atoms with Crippen molar-refractivity contribution in [2.75, 3.05) is 13.6 Å². The van der Waals surface area contributed by atoms with Gasteiger partial charge in [-0.25, -0.2) is 4.99 Å². The molecule has 2 rings (SSSR count). The van der Waals surface area contributed by atoms with Crippen LogP contribution in [0.3, 0.4) is 0 Å². The van der Waals surface area contributed by atoms with Crippen molar-refractivity contribution in [3.05, 3.63) is 77.9 Å². The quantitative estimate of drug-likeness (QED) is 0.697. The van der Waals surface area contributed by atoms with Gasteiger partial charge in [-0.2, -0.15) is 0 Å². The van der Waals surface area contributed by atoms with E-state index in [0.29, 0.717) is 11.7 Å². The lowest BCUT2D eigenvalue weighted by Crippen LogP contribution is -2.30. The third-order valence-electron chi connectivity index (χ3n) is 4.82. The van der Waals surface area contributed by atoms with Crippen LogP contribution < -0.4 is 11.1 Å². The molecular formula is C23H32N4. The van der Waals surface area contributed by atoms with Crippen LogP contribution in [0, 0.1) is 12.8 Å². The molecule has 4 nitrogen and oxygen atoms in total. The largest absolute Gasteiger partial charge is 0.396 e. The first-order valence-corrected chi connectivity index (χ1v) is 9.60. The molecular weight excluding hydrogens is 332 g/mol. The van der Waals surface area contributed by atoms with Gasteiger partial charge in [-0.15, -0.1) is 0 Å². The number of benzene rings is 1. The lowest BCUT2D eigenvalue weighted by Gasteiger charge is -2.31. The second-order valence-corrected chi connectivity index (χ2v) is 6.81. The summed E-state index contributed by atoms with van der Waals surface area (Å²) in [5, 5.41) is 3.00. The number of rotatable bonds is 7. The first-order valence-electron chi connectivity index (χ1n) is 9.60. The maximum atomic E-state index is 6.67. The zero-order valence-corrected chi connectivity index (χ0v) is 17.0. The molecule has 4 heteroatoms. The van der Waals surface area contributed by atoms with E-state index in [1.54, 1.807) is 0 Å². The van der Waals surface area contributed by atoms with Crippen LogP contribution in [0.4, 0.5) is 0 Å². The molecule has 0 radical (unpaired) electrons. The molecule has 0 aliphatic carbocycles. The summed E-state index contributed by atoms with van der Waals surface area (Å²) in [5.74, 6) is 1.22. The van der Waals surface area contributed by atoms with Crippen LogP contribution >= 0.6 is 0 Å². The van der Waals surface area contributed by atoms with Crippen LogP contribution in [-0.4, -0.2) is 24.2 Å². The number of nitrogens with one attached hydrogen (secondary N) is 1. The Morgan fingerprint density at radius 3 is 2.59 bits per heavy atom. The summed E-state index contributed by atoms with van der Waals surface area (Å²) in [5.41, 5.74) is 11.3. The van der Waals surface area contributed by atoms with Gasteiger partial charge in [-0.3, -0.25) is 0 Å².